The van der Waals surface area contributed by atoms with Crippen LogP contribution in [0, 0.1) is 0 Å². The maximum absolute atomic E-state index is 12.0. The van der Waals surface area contributed by atoms with Crippen LogP contribution in [0.25, 0.3) is 10.9 Å². The van der Waals surface area contributed by atoms with E-state index in [2.05, 4.69) is 15.2 Å². The largest absolute Gasteiger partial charge is 0.389 e. The zero-order chi connectivity index (χ0) is 15.0. The van der Waals surface area contributed by atoms with Gasteiger partial charge in [0.1, 0.15) is 11.0 Å². The van der Waals surface area contributed by atoms with E-state index in [1.54, 1.807) is 6.20 Å². The Hall–Kier alpha value is -2.21. The first-order valence-electron chi connectivity index (χ1n) is 6.81. The lowest BCUT2D eigenvalue weighted by atomic mass is 10.0. The number of pyridine rings is 1. The van der Waals surface area contributed by atoms with Crippen LogP contribution in [0.4, 0.5) is 5.69 Å². The predicted octanol–water partition coefficient (Wildman–Crippen LogP) is 1.19. The molecule has 1 aromatic heterocycles. The second-order valence-corrected chi connectivity index (χ2v) is 5.50. The molecular weight excluding hydrogens is 284 g/mol. The van der Waals surface area contributed by atoms with E-state index >= 15 is 0 Å². The van der Waals surface area contributed by atoms with E-state index in [9.17, 15) is 4.79 Å². The lowest BCUT2D eigenvalue weighted by Gasteiger charge is -2.36. The zero-order valence-corrected chi connectivity index (χ0v) is 12.5. The van der Waals surface area contributed by atoms with E-state index in [4.69, 9.17) is 18.0 Å². The molecule has 1 atom stereocenters. The van der Waals surface area contributed by atoms with Crippen molar-refractivity contribution >= 4 is 39.7 Å². The van der Waals surface area contributed by atoms with Gasteiger partial charge in [-0.15, -0.1) is 0 Å². The van der Waals surface area contributed by atoms with Crippen molar-refractivity contribution in [3.8, 4) is 0 Å². The lowest BCUT2D eigenvalue weighted by Crippen LogP contribution is -2.54. The number of nitrogens with two attached hydrogens (primary N) is 1. The van der Waals surface area contributed by atoms with Crippen molar-refractivity contribution in [1.29, 1.82) is 0 Å². The Morgan fingerprint density at radius 1 is 1.48 bits per heavy atom. The summed E-state index contributed by atoms with van der Waals surface area (Å²) in [5.41, 5.74) is 8.33. The molecule has 5 nitrogen and oxygen atoms in total. The van der Waals surface area contributed by atoms with Crippen molar-refractivity contribution in [2.45, 2.75) is 13.0 Å². The maximum Gasteiger partial charge on any atom is 0.242 e. The van der Waals surface area contributed by atoms with Crippen LogP contribution in [-0.2, 0) is 4.79 Å². The molecule has 21 heavy (non-hydrogen) atoms. The van der Waals surface area contributed by atoms with Gasteiger partial charge in [-0.25, -0.2) is 0 Å². The molecule has 0 radical (unpaired) electrons. The smallest absolute Gasteiger partial charge is 0.242 e. The number of carbonyl (C=O) groups excluding carboxylic acids is 1. The molecule has 1 aromatic carbocycles. The summed E-state index contributed by atoms with van der Waals surface area (Å²) in [6.45, 7) is 3.21. The van der Waals surface area contributed by atoms with Crippen LogP contribution < -0.4 is 16.0 Å². The fourth-order valence-corrected chi connectivity index (χ4v) is 2.85. The number of amides is 1. The van der Waals surface area contributed by atoms with Gasteiger partial charge in [-0.05, 0) is 13.0 Å². The van der Waals surface area contributed by atoms with Crippen molar-refractivity contribution in [2.24, 2.45) is 5.73 Å². The molecule has 108 valence electrons. The second kappa shape index (κ2) is 5.29. The molecule has 1 unspecified atom stereocenters. The number of thiocarbonyl (C=S) groups is 1. The quantitative estimate of drug-likeness (QED) is 0.815. The minimum absolute atomic E-state index is 0.0102. The van der Waals surface area contributed by atoms with E-state index in [0.717, 1.165) is 23.1 Å². The number of carbonyl (C=O) groups is 1. The summed E-state index contributed by atoms with van der Waals surface area (Å²) in [6.07, 6.45) is 1.69. The first-order chi connectivity index (χ1) is 10.1. The Morgan fingerprint density at radius 3 is 3.00 bits per heavy atom. The average molecular weight is 300 g/mol. The lowest BCUT2D eigenvalue weighted by molar-refractivity contribution is -0.122. The minimum atomic E-state index is -0.266. The first kappa shape index (κ1) is 13.8. The van der Waals surface area contributed by atoms with Crippen LogP contribution in [0.2, 0.25) is 0 Å². The third kappa shape index (κ3) is 2.31. The molecule has 3 rings (SSSR count). The summed E-state index contributed by atoms with van der Waals surface area (Å²) in [5.74, 6) is 0.0102. The molecule has 6 heteroatoms. The number of fused-ring (bicyclic) bond motifs is 1. The van der Waals surface area contributed by atoms with Crippen molar-refractivity contribution in [1.82, 2.24) is 10.3 Å². The normalized spacial score (nSPS) is 18.6. The Labute approximate surface area is 128 Å². The molecular formula is C15H16N4OS. The van der Waals surface area contributed by atoms with Gasteiger partial charge in [0.15, 0.2) is 0 Å². The molecule has 3 N–H and O–H groups in total. The van der Waals surface area contributed by atoms with E-state index in [-0.39, 0.29) is 11.9 Å². The molecule has 2 heterocycles. The van der Waals surface area contributed by atoms with Crippen molar-refractivity contribution in [3.05, 3.63) is 36.0 Å². The molecule has 1 fully saturated rings. The van der Waals surface area contributed by atoms with Gasteiger partial charge in [-0.3, -0.25) is 9.78 Å². The van der Waals surface area contributed by atoms with E-state index in [0.29, 0.717) is 17.1 Å². The van der Waals surface area contributed by atoms with Gasteiger partial charge in [0, 0.05) is 24.7 Å². The second-order valence-electron chi connectivity index (χ2n) is 5.06. The Morgan fingerprint density at radius 2 is 2.24 bits per heavy atom. The topological polar surface area (TPSA) is 71.2 Å². The highest BCUT2D eigenvalue weighted by Gasteiger charge is 2.29. The van der Waals surface area contributed by atoms with Gasteiger partial charge in [0.05, 0.1) is 16.8 Å². The third-order valence-corrected chi connectivity index (χ3v) is 4.02. The number of rotatable bonds is 2. The highest BCUT2D eigenvalue weighted by atomic mass is 32.1. The third-order valence-electron chi connectivity index (χ3n) is 3.80. The number of nitrogens with one attached hydrogen (secondary N) is 1. The number of benzene rings is 1. The SMILES string of the molecule is CC1C(=O)NCCN1c1c(C(N)=S)cnc2ccccc12. The summed E-state index contributed by atoms with van der Waals surface area (Å²) < 4.78 is 0. The van der Waals surface area contributed by atoms with Gasteiger partial charge in [-0.2, -0.15) is 0 Å². The van der Waals surface area contributed by atoms with Gasteiger partial charge >= 0.3 is 0 Å². The Kier molecular flexibility index (Phi) is 3.47. The molecule has 1 aliphatic heterocycles. The summed E-state index contributed by atoms with van der Waals surface area (Å²) in [7, 11) is 0. The van der Waals surface area contributed by atoms with Crippen molar-refractivity contribution < 1.29 is 4.79 Å². The monoisotopic (exact) mass is 300 g/mol. The number of anilines is 1. The Bertz CT molecular complexity index is 731. The van der Waals surface area contributed by atoms with Gasteiger partial charge in [0.25, 0.3) is 0 Å². The van der Waals surface area contributed by atoms with Gasteiger partial charge in [0.2, 0.25) is 5.91 Å². The first-order valence-corrected chi connectivity index (χ1v) is 7.22. The molecule has 0 aliphatic carbocycles. The molecule has 1 saturated heterocycles. The average Bonchev–Trinajstić information content (AvgIpc) is 2.49. The predicted molar refractivity (Wildman–Crippen MR) is 87.4 cm³/mol. The highest BCUT2D eigenvalue weighted by Crippen LogP contribution is 2.31. The summed E-state index contributed by atoms with van der Waals surface area (Å²) >= 11 is 5.16. The van der Waals surface area contributed by atoms with Crippen LogP contribution in [0.3, 0.4) is 0 Å². The molecule has 2 aromatic rings. The van der Waals surface area contributed by atoms with Gasteiger partial charge in [-0.1, -0.05) is 30.4 Å². The van der Waals surface area contributed by atoms with Crippen LogP contribution in [0.1, 0.15) is 12.5 Å². The van der Waals surface area contributed by atoms with Gasteiger partial charge < -0.3 is 16.0 Å². The summed E-state index contributed by atoms with van der Waals surface area (Å²) in [5, 5.41) is 3.83. The van der Waals surface area contributed by atoms with Crippen LogP contribution in [-0.4, -0.2) is 35.0 Å². The standard InChI is InChI=1S/C15H16N4OS/c1-9-15(20)17-6-7-19(9)13-10-4-2-3-5-12(10)18-8-11(13)14(16)21/h2-5,8-9H,6-7H2,1H3,(H2,16,21)(H,17,20). The van der Waals surface area contributed by atoms with E-state index in [1.165, 1.54) is 0 Å². The fourth-order valence-electron chi connectivity index (χ4n) is 2.70. The number of nitrogens with zero attached hydrogens (tertiary/aromatic N) is 2. The zero-order valence-electron chi connectivity index (χ0n) is 11.7. The van der Waals surface area contributed by atoms with E-state index < -0.39 is 0 Å². The maximum atomic E-state index is 12.0. The van der Waals surface area contributed by atoms with Crippen LogP contribution in [0.15, 0.2) is 30.5 Å². The van der Waals surface area contributed by atoms with Crippen molar-refractivity contribution in [3.63, 3.8) is 0 Å². The fraction of sp³-hybridized carbons (Fsp3) is 0.267. The highest BCUT2D eigenvalue weighted by molar-refractivity contribution is 7.80. The number of para-hydroxylation sites is 1. The number of hydrogen-bond acceptors (Lipinski definition) is 4. The number of aromatic nitrogens is 1. The van der Waals surface area contributed by atoms with Crippen molar-refractivity contribution in [2.75, 3.05) is 18.0 Å². The summed E-state index contributed by atoms with van der Waals surface area (Å²) in [4.78, 5) is 18.7. The Balaban J connectivity index is 2.25. The van der Waals surface area contributed by atoms with Crippen LogP contribution >= 0.6 is 12.2 Å². The molecule has 0 spiro atoms. The van der Waals surface area contributed by atoms with Crippen LogP contribution in [0.5, 0.6) is 0 Å². The van der Waals surface area contributed by atoms with E-state index in [1.807, 2.05) is 31.2 Å². The molecule has 1 aliphatic rings. The number of piperazine rings is 1. The molecule has 0 saturated carbocycles. The minimum Gasteiger partial charge on any atom is -0.389 e. The number of hydrogen-bond donors (Lipinski definition) is 2. The summed E-state index contributed by atoms with van der Waals surface area (Å²) in [6, 6.07) is 7.55. The molecule has 1 amide bonds. The molecule has 0 bridgehead atoms.